The first-order valence-electron chi connectivity index (χ1n) is 6.50. The predicted molar refractivity (Wildman–Crippen MR) is 66.0 cm³/mol. The van der Waals surface area contributed by atoms with Gasteiger partial charge in [0.05, 0.1) is 13.1 Å². The number of hydrogen-bond acceptors (Lipinski definition) is 0. The third-order valence-electron chi connectivity index (χ3n) is 3.79. The van der Waals surface area contributed by atoms with Crippen molar-refractivity contribution in [3.63, 3.8) is 0 Å². The highest BCUT2D eigenvalue weighted by atomic mass is 15.2. The maximum atomic E-state index is 4.14. The largest absolute Gasteiger partial charge is 0.352 e. The zero-order valence-electron chi connectivity index (χ0n) is 10.3. The maximum Gasteiger partial charge on any atom is 0.162 e. The van der Waals surface area contributed by atoms with Gasteiger partial charge in [-0.15, -0.1) is 0 Å². The lowest BCUT2D eigenvalue weighted by Gasteiger charge is -2.33. The molecule has 1 aromatic rings. The fourth-order valence-corrected chi connectivity index (χ4v) is 2.94. The lowest BCUT2D eigenvalue weighted by atomic mass is 9.96. The van der Waals surface area contributed by atoms with Gasteiger partial charge in [0.2, 0.25) is 0 Å². The summed E-state index contributed by atoms with van der Waals surface area (Å²) in [5.74, 6) is 0.876. The Labute approximate surface area is 98.4 Å². The Balaban J connectivity index is 2.10. The minimum absolute atomic E-state index is 0.601. The van der Waals surface area contributed by atoms with Crippen LogP contribution in [0.15, 0.2) is 30.3 Å². The number of benzene rings is 1. The Morgan fingerprint density at radius 2 is 2.12 bits per heavy atom. The summed E-state index contributed by atoms with van der Waals surface area (Å²) in [5, 5.41) is 0. The Bertz CT molecular complexity index is 310. The molecule has 0 aliphatic carbocycles. The number of likely N-dealkylation sites (tertiary alicyclic amines) is 1. The molecule has 1 unspecified atom stereocenters. The van der Waals surface area contributed by atoms with Gasteiger partial charge in [-0.2, -0.15) is 0 Å². The molecule has 0 radical (unpaired) electrons. The molecule has 1 aliphatic heterocycles. The Hall–Kier alpha value is -0.860. The zero-order valence-corrected chi connectivity index (χ0v) is 10.3. The Morgan fingerprint density at radius 1 is 1.38 bits per heavy atom. The number of nitrogens with one attached hydrogen (secondary N) is 1. The highest BCUT2D eigenvalue weighted by molar-refractivity contribution is 5.17. The van der Waals surface area contributed by atoms with Gasteiger partial charge in [0, 0.05) is 11.5 Å². The molecule has 0 spiro atoms. The van der Waals surface area contributed by atoms with Gasteiger partial charge in [-0.25, -0.2) is 0 Å². The normalized spacial score (nSPS) is 27.6. The van der Waals surface area contributed by atoms with E-state index in [1.54, 1.807) is 4.90 Å². The van der Waals surface area contributed by atoms with E-state index in [0.29, 0.717) is 6.04 Å². The molecule has 0 bridgehead atoms. The first-order valence-corrected chi connectivity index (χ1v) is 6.50. The summed E-state index contributed by atoms with van der Waals surface area (Å²) in [7, 11) is 0. The van der Waals surface area contributed by atoms with Crippen LogP contribution in [0.25, 0.3) is 0 Å². The van der Waals surface area contributed by atoms with Crippen molar-refractivity contribution in [2.45, 2.75) is 25.8 Å². The summed E-state index contributed by atoms with van der Waals surface area (Å²) in [6.45, 7) is 6.02. The number of rotatable bonds is 3. The van der Waals surface area contributed by atoms with Crippen molar-refractivity contribution in [1.82, 2.24) is 0 Å². The number of quaternary nitrogens is 2. The molecular weight excluding hydrogens is 196 g/mol. The molecule has 0 amide bonds. The van der Waals surface area contributed by atoms with Crippen LogP contribution in [-0.2, 0) is 0 Å². The van der Waals surface area contributed by atoms with Gasteiger partial charge in [-0.05, 0) is 12.8 Å². The van der Waals surface area contributed by atoms with Crippen LogP contribution in [0.5, 0.6) is 0 Å². The van der Waals surface area contributed by atoms with Gasteiger partial charge in [0.1, 0.15) is 6.54 Å². The molecule has 3 atom stereocenters. The van der Waals surface area contributed by atoms with E-state index in [9.17, 15) is 0 Å². The number of piperidine rings is 1. The summed E-state index contributed by atoms with van der Waals surface area (Å²) in [6, 6.07) is 11.5. The van der Waals surface area contributed by atoms with Crippen molar-refractivity contribution < 1.29 is 10.6 Å². The van der Waals surface area contributed by atoms with Crippen LogP contribution in [0.1, 0.15) is 31.4 Å². The lowest BCUT2D eigenvalue weighted by Crippen LogP contribution is -3.15. The quantitative estimate of drug-likeness (QED) is 0.734. The van der Waals surface area contributed by atoms with E-state index in [1.165, 1.54) is 31.5 Å². The summed E-state index contributed by atoms with van der Waals surface area (Å²) >= 11 is 0. The van der Waals surface area contributed by atoms with Gasteiger partial charge in [0.15, 0.2) is 6.04 Å². The minimum Gasteiger partial charge on any atom is -0.352 e. The van der Waals surface area contributed by atoms with Crippen molar-refractivity contribution in [2.75, 3.05) is 19.6 Å². The second-order valence-corrected chi connectivity index (χ2v) is 5.11. The second-order valence-electron chi connectivity index (χ2n) is 5.11. The van der Waals surface area contributed by atoms with Crippen LogP contribution in [0, 0.1) is 5.92 Å². The van der Waals surface area contributed by atoms with Crippen molar-refractivity contribution in [3.05, 3.63) is 35.9 Å². The fraction of sp³-hybridized carbons (Fsp3) is 0.571. The SMILES string of the molecule is C[C@H]1CCC[NH+]([C@@H](C[NH3+])c2ccccc2)C1. The molecule has 88 valence electrons. The summed E-state index contributed by atoms with van der Waals surface area (Å²) in [6.07, 6.45) is 2.78. The molecule has 1 aromatic carbocycles. The molecule has 4 N–H and O–H groups in total. The van der Waals surface area contributed by atoms with E-state index in [-0.39, 0.29) is 0 Å². The molecule has 1 fully saturated rings. The first kappa shape index (κ1) is 11.6. The summed E-state index contributed by atoms with van der Waals surface area (Å²) in [5.41, 5.74) is 5.60. The van der Waals surface area contributed by atoms with Crippen molar-refractivity contribution in [2.24, 2.45) is 5.92 Å². The van der Waals surface area contributed by atoms with Crippen LogP contribution >= 0.6 is 0 Å². The molecule has 2 rings (SSSR count). The molecule has 1 heterocycles. The standard InChI is InChI=1S/C14H22N2/c1-12-6-5-9-16(11-12)14(10-15)13-7-3-2-4-8-13/h2-4,7-8,12,14H,5-6,9-11,15H2,1H3/p+2/t12-,14-/m0/s1. The molecule has 1 aliphatic rings. The fourth-order valence-electron chi connectivity index (χ4n) is 2.94. The third-order valence-corrected chi connectivity index (χ3v) is 3.79. The van der Waals surface area contributed by atoms with Crippen LogP contribution < -0.4 is 10.6 Å². The van der Waals surface area contributed by atoms with E-state index in [1.807, 2.05) is 0 Å². The Kier molecular flexibility index (Phi) is 3.97. The maximum absolute atomic E-state index is 4.14. The molecule has 0 aromatic heterocycles. The van der Waals surface area contributed by atoms with Crippen LogP contribution in [0.2, 0.25) is 0 Å². The molecule has 2 nitrogen and oxygen atoms in total. The molecule has 1 saturated heterocycles. The van der Waals surface area contributed by atoms with E-state index < -0.39 is 0 Å². The van der Waals surface area contributed by atoms with Crippen LogP contribution in [0.3, 0.4) is 0 Å². The van der Waals surface area contributed by atoms with Gasteiger partial charge in [-0.1, -0.05) is 37.3 Å². The van der Waals surface area contributed by atoms with Gasteiger partial charge < -0.3 is 10.6 Å². The van der Waals surface area contributed by atoms with E-state index in [0.717, 1.165) is 12.5 Å². The zero-order chi connectivity index (χ0) is 11.4. The Morgan fingerprint density at radius 3 is 2.75 bits per heavy atom. The van der Waals surface area contributed by atoms with Gasteiger partial charge in [-0.3, -0.25) is 0 Å². The monoisotopic (exact) mass is 220 g/mol. The topological polar surface area (TPSA) is 32.1 Å². The van der Waals surface area contributed by atoms with Gasteiger partial charge >= 0.3 is 0 Å². The van der Waals surface area contributed by atoms with Crippen molar-refractivity contribution in [1.29, 1.82) is 0 Å². The van der Waals surface area contributed by atoms with Crippen molar-refractivity contribution >= 4 is 0 Å². The molecule has 16 heavy (non-hydrogen) atoms. The first-order chi connectivity index (χ1) is 7.81. The van der Waals surface area contributed by atoms with E-state index in [2.05, 4.69) is 43.0 Å². The van der Waals surface area contributed by atoms with E-state index >= 15 is 0 Å². The highest BCUT2D eigenvalue weighted by Crippen LogP contribution is 2.11. The third kappa shape index (κ3) is 2.63. The summed E-state index contributed by atoms with van der Waals surface area (Å²) < 4.78 is 0. The predicted octanol–water partition coefficient (Wildman–Crippen LogP) is 0.284. The van der Waals surface area contributed by atoms with Gasteiger partial charge in [0.25, 0.3) is 0 Å². The molecular formula is C14H24N2+2. The van der Waals surface area contributed by atoms with Crippen LogP contribution in [-0.4, -0.2) is 19.6 Å². The molecule has 2 heteroatoms. The second kappa shape index (κ2) is 5.46. The highest BCUT2D eigenvalue weighted by Gasteiger charge is 2.28. The average Bonchev–Trinajstić information content (AvgIpc) is 2.31. The van der Waals surface area contributed by atoms with E-state index in [4.69, 9.17) is 0 Å². The number of hydrogen-bond donors (Lipinski definition) is 2. The smallest absolute Gasteiger partial charge is 0.162 e. The minimum atomic E-state index is 0.601. The molecule has 0 saturated carbocycles. The lowest BCUT2D eigenvalue weighted by molar-refractivity contribution is -0.945. The van der Waals surface area contributed by atoms with Crippen molar-refractivity contribution in [3.8, 4) is 0 Å². The average molecular weight is 220 g/mol. The summed E-state index contributed by atoms with van der Waals surface area (Å²) in [4.78, 5) is 1.74. The van der Waals surface area contributed by atoms with Crippen LogP contribution in [0.4, 0.5) is 0 Å².